The highest BCUT2D eigenvalue weighted by atomic mass is 16.3. The third kappa shape index (κ3) is 5.33. The summed E-state index contributed by atoms with van der Waals surface area (Å²) in [6, 6.07) is 75.0. The predicted molar refractivity (Wildman–Crippen MR) is 257 cm³/mol. The van der Waals surface area contributed by atoms with Crippen LogP contribution >= 0.6 is 0 Å². The second kappa shape index (κ2) is 13.6. The number of anilines is 3. The van der Waals surface area contributed by atoms with Crippen molar-refractivity contribution in [1.29, 1.82) is 0 Å². The van der Waals surface area contributed by atoms with Crippen LogP contribution in [0.1, 0.15) is 0 Å². The van der Waals surface area contributed by atoms with Gasteiger partial charge in [0.15, 0.2) is 0 Å². The average Bonchev–Trinajstić information content (AvgIpc) is 4.04. The third-order valence-corrected chi connectivity index (χ3v) is 12.5. The zero-order valence-corrected chi connectivity index (χ0v) is 33.4. The second-order valence-electron chi connectivity index (χ2n) is 16.0. The first kappa shape index (κ1) is 34.5. The van der Waals surface area contributed by atoms with Gasteiger partial charge in [-0.25, -0.2) is 0 Å². The summed E-state index contributed by atoms with van der Waals surface area (Å²) >= 11 is 0. The lowest BCUT2D eigenvalue weighted by molar-refractivity contribution is 0.669. The summed E-state index contributed by atoms with van der Waals surface area (Å²) in [5.41, 5.74) is 14.8. The van der Waals surface area contributed by atoms with Gasteiger partial charge in [0.05, 0.1) is 16.8 Å². The minimum absolute atomic E-state index is 0.840. The fraction of sp³-hybridized carbons (Fsp3) is 0. The molecular formula is C58H35NO3. The lowest BCUT2D eigenvalue weighted by Crippen LogP contribution is -2.11. The Bertz CT molecular complexity index is 3880. The Morgan fingerprint density at radius 1 is 0.290 bits per heavy atom. The first-order valence-electron chi connectivity index (χ1n) is 21.0. The number of hydrogen-bond acceptors (Lipinski definition) is 4. The van der Waals surface area contributed by atoms with Crippen LogP contribution in [-0.4, -0.2) is 0 Å². The molecule has 290 valence electrons. The highest BCUT2D eigenvalue weighted by molar-refractivity contribution is 6.18. The molecule has 0 aliphatic heterocycles. The normalized spacial score (nSPS) is 11.9. The van der Waals surface area contributed by atoms with E-state index in [0.29, 0.717) is 0 Å². The minimum atomic E-state index is 0.840. The molecule has 0 radical (unpaired) electrons. The Balaban J connectivity index is 0.988. The number of furan rings is 3. The van der Waals surface area contributed by atoms with E-state index in [1.165, 1.54) is 5.39 Å². The van der Waals surface area contributed by atoms with Crippen molar-refractivity contribution >= 4 is 93.7 Å². The number of para-hydroxylation sites is 4. The fourth-order valence-electron chi connectivity index (χ4n) is 9.57. The maximum atomic E-state index is 6.92. The van der Waals surface area contributed by atoms with E-state index in [4.69, 9.17) is 13.3 Å². The number of benzene rings is 10. The van der Waals surface area contributed by atoms with Crippen molar-refractivity contribution in [2.45, 2.75) is 0 Å². The Morgan fingerprint density at radius 2 is 0.855 bits per heavy atom. The van der Waals surface area contributed by atoms with Gasteiger partial charge < -0.3 is 18.2 Å². The van der Waals surface area contributed by atoms with E-state index in [0.717, 1.165) is 122 Å². The van der Waals surface area contributed by atoms with Crippen molar-refractivity contribution in [2.24, 2.45) is 0 Å². The van der Waals surface area contributed by atoms with Crippen LogP contribution in [-0.2, 0) is 0 Å². The molecule has 3 heterocycles. The molecular weight excluding hydrogens is 759 g/mol. The lowest BCUT2D eigenvalue weighted by Gasteiger charge is -2.28. The molecule has 0 saturated heterocycles. The summed E-state index contributed by atoms with van der Waals surface area (Å²) in [5.74, 6) is 0. The Hall–Kier alpha value is -8.34. The van der Waals surface area contributed by atoms with Gasteiger partial charge in [-0.15, -0.1) is 0 Å². The van der Waals surface area contributed by atoms with Crippen LogP contribution in [0.5, 0.6) is 0 Å². The summed E-state index contributed by atoms with van der Waals surface area (Å²) in [5, 5.41) is 8.93. The maximum absolute atomic E-state index is 6.92. The van der Waals surface area contributed by atoms with Crippen LogP contribution in [0.2, 0.25) is 0 Å². The van der Waals surface area contributed by atoms with Crippen LogP contribution in [0.3, 0.4) is 0 Å². The molecule has 0 aliphatic carbocycles. The van der Waals surface area contributed by atoms with Crippen LogP contribution in [0, 0.1) is 0 Å². The largest absolute Gasteiger partial charge is 0.456 e. The fourth-order valence-corrected chi connectivity index (χ4v) is 9.57. The highest BCUT2D eigenvalue weighted by Crippen LogP contribution is 2.48. The zero-order chi connectivity index (χ0) is 40.7. The van der Waals surface area contributed by atoms with E-state index >= 15 is 0 Å². The van der Waals surface area contributed by atoms with Crippen molar-refractivity contribution in [3.8, 4) is 33.4 Å². The van der Waals surface area contributed by atoms with Crippen molar-refractivity contribution in [1.82, 2.24) is 0 Å². The van der Waals surface area contributed by atoms with Gasteiger partial charge >= 0.3 is 0 Å². The number of fused-ring (bicyclic) bond motifs is 10. The maximum Gasteiger partial charge on any atom is 0.145 e. The minimum Gasteiger partial charge on any atom is -0.456 e. The summed E-state index contributed by atoms with van der Waals surface area (Å²) in [6.45, 7) is 0. The van der Waals surface area contributed by atoms with E-state index in [1.54, 1.807) is 0 Å². The molecule has 0 amide bonds. The predicted octanol–water partition coefficient (Wildman–Crippen LogP) is 17.0. The molecule has 0 saturated carbocycles. The summed E-state index contributed by atoms with van der Waals surface area (Å²) in [6.07, 6.45) is 0. The molecule has 0 atom stereocenters. The van der Waals surface area contributed by atoms with Gasteiger partial charge in [0.2, 0.25) is 0 Å². The Kier molecular flexibility index (Phi) is 7.57. The van der Waals surface area contributed by atoms with Gasteiger partial charge in [-0.1, -0.05) is 146 Å². The SMILES string of the molecule is c1cc(-c2ccc3c(c2)oc2ccccc23)cc(-c2ccc(N(c3ccc(-c4cccc5c4oc4ccccc45)cc3)c3cccc4ccccc34)c3c2oc2ccccc23)c1. The van der Waals surface area contributed by atoms with Crippen LogP contribution < -0.4 is 4.90 Å². The quantitative estimate of drug-likeness (QED) is 0.168. The van der Waals surface area contributed by atoms with Crippen LogP contribution in [0.4, 0.5) is 17.1 Å². The van der Waals surface area contributed by atoms with Gasteiger partial charge in [-0.2, -0.15) is 0 Å². The third-order valence-electron chi connectivity index (χ3n) is 12.5. The number of rotatable bonds is 6. The van der Waals surface area contributed by atoms with Crippen LogP contribution in [0.15, 0.2) is 226 Å². The highest BCUT2D eigenvalue weighted by Gasteiger charge is 2.24. The van der Waals surface area contributed by atoms with Gasteiger partial charge in [-0.05, 0) is 94.4 Å². The van der Waals surface area contributed by atoms with E-state index in [-0.39, 0.29) is 0 Å². The lowest BCUT2D eigenvalue weighted by atomic mass is 9.96. The van der Waals surface area contributed by atoms with Crippen LogP contribution in [0.25, 0.3) is 110 Å². The van der Waals surface area contributed by atoms with Gasteiger partial charge in [-0.3, -0.25) is 0 Å². The molecule has 13 rings (SSSR count). The van der Waals surface area contributed by atoms with Crippen molar-refractivity contribution in [3.05, 3.63) is 212 Å². The molecule has 0 fully saturated rings. The second-order valence-corrected chi connectivity index (χ2v) is 16.0. The molecule has 4 heteroatoms. The molecule has 0 N–H and O–H groups in total. The monoisotopic (exact) mass is 793 g/mol. The Morgan fingerprint density at radius 3 is 1.69 bits per heavy atom. The Labute approximate surface area is 356 Å². The van der Waals surface area contributed by atoms with Gasteiger partial charge in [0.25, 0.3) is 0 Å². The molecule has 3 aromatic heterocycles. The van der Waals surface area contributed by atoms with E-state index < -0.39 is 0 Å². The first-order chi connectivity index (χ1) is 30.7. The smallest absolute Gasteiger partial charge is 0.145 e. The molecule has 13 aromatic rings. The number of hydrogen-bond donors (Lipinski definition) is 0. The van der Waals surface area contributed by atoms with Gasteiger partial charge in [0.1, 0.15) is 33.5 Å². The molecule has 0 unspecified atom stereocenters. The summed E-state index contributed by atoms with van der Waals surface area (Å²) < 4.78 is 19.7. The van der Waals surface area contributed by atoms with Crippen molar-refractivity contribution in [3.63, 3.8) is 0 Å². The molecule has 4 nitrogen and oxygen atoms in total. The molecule has 0 aliphatic rings. The first-order valence-corrected chi connectivity index (χ1v) is 21.0. The van der Waals surface area contributed by atoms with E-state index in [1.807, 2.05) is 30.3 Å². The molecule has 10 aromatic carbocycles. The topological polar surface area (TPSA) is 42.7 Å². The van der Waals surface area contributed by atoms with Crippen molar-refractivity contribution in [2.75, 3.05) is 4.90 Å². The number of nitrogens with zero attached hydrogens (tertiary/aromatic N) is 1. The average molecular weight is 794 g/mol. The summed E-state index contributed by atoms with van der Waals surface area (Å²) in [7, 11) is 0. The zero-order valence-electron chi connectivity index (χ0n) is 33.4. The molecule has 0 bridgehead atoms. The summed E-state index contributed by atoms with van der Waals surface area (Å²) in [4.78, 5) is 2.39. The van der Waals surface area contributed by atoms with E-state index in [2.05, 4.69) is 187 Å². The molecule has 0 spiro atoms. The van der Waals surface area contributed by atoms with E-state index in [9.17, 15) is 0 Å². The van der Waals surface area contributed by atoms with Gasteiger partial charge in [0, 0.05) is 49.1 Å². The van der Waals surface area contributed by atoms with Crippen molar-refractivity contribution < 1.29 is 13.3 Å². The molecule has 62 heavy (non-hydrogen) atoms. The standard InChI is InChI=1S/C58H35NO3/c1-2-16-42-36(12-1)13-10-22-50(42)59(41-29-26-37(27-30-41)43-20-11-21-48-46-18-4-7-24-53(46)61-57(43)48)51-33-32-44(58-56(51)49-19-5-8-25-54(49)62-58)40-15-9-14-38(34-40)39-28-31-47-45-17-3-6-23-52(45)60-55(47)35-39/h1-35H.